The fourth-order valence-corrected chi connectivity index (χ4v) is 3.31. The van der Waals surface area contributed by atoms with E-state index in [4.69, 9.17) is 5.73 Å². The Hall–Kier alpha value is -1.45. The number of nitrogens with one attached hydrogen (secondary N) is 1. The number of nitrogen functional groups attached to an aromatic ring is 1. The van der Waals surface area contributed by atoms with Crippen molar-refractivity contribution in [3.63, 3.8) is 0 Å². The number of hydrogen-bond donors (Lipinski definition) is 2. The number of hydrogen-bond acceptors (Lipinski definition) is 5. The largest absolute Gasteiger partial charge is 0.398 e. The lowest BCUT2D eigenvalue weighted by Gasteiger charge is -2.08. The quantitative estimate of drug-likeness (QED) is 0.764. The number of sulfonamides is 1. The Labute approximate surface area is 125 Å². The molecule has 0 spiro atoms. The Morgan fingerprint density at radius 3 is 2.85 bits per heavy atom. The third-order valence-electron chi connectivity index (χ3n) is 2.55. The van der Waals surface area contributed by atoms with E-state index in [9.17, 15) is 8.42 Å². The van der Waals surface area contributed by atoms with E-state index in [0.29, 0.717) is 16.7 Å². The zero-order valence-electron chi connectivity index (χ0n) is 10.7. The first kappa shape index (κ1) is 14.9. The summed E-state index contributed by atoms with van der Waals surface area (Å²) in [5.41, 5.74) is 5.90. The summed E-state index contributed by atoms with van der Waals surface area (Å²) in [7, 11) is -1.89. The van der Waals surface area contributed by atoms with Crippen LogP contribution in [-0.4, -0.2) is 29.7 Å². The van der Waals surface area contributed by atoms with Crippen molar-refractivity contribution < 1.29 is 8.42 Å². The van der Waals surface area contributed by atoms with E-state index in [-0.39, 0.29) is 17.1 Å². The summed E-state index contributed by atoms with van der Waals surface area (Å²) in [5, 5.41) is 4.07. The monoisotopic (exact) mass is 359 g/mol. The van der Waals surface area contributed by atoms with E-state index in [0.717, 1.165) is 0 Å². The summed E-state index contributed by atoms with van der Waals surface area (Å²) in [6.45, 7) is 0.207. The summed E-state index contributed by atoms with van der Waals surface area (Å²) >= 11 is 3.23. The van der Waals surface area contributed by atoms with Crippen molar-refractivity contribution in [1.29, 1.82) is 0 Å². The molecule has 0 aliphatic rings. The van der Waals surface area contributed by atoms with Gasteiger partial charge in [0.1, 0.15) is 11.2 Å². The van der Waals surface area contributed by atoms with Gasteiger partial charge in [0.05, 0.1) is 5.69 Å². The van der Waals surface area contributed by atoms with Crippen molar-refractivity contribution in [3.05, 3.63) is 34.8 Å². The highest BCUT2D eigenvalue weighted by Gasteiger charge is 2.17. The van der Waals surface area contributed by atoms with Crippen LogP contribution >= 0.6 is 15.9 Å². The zero-order chi connectivity index (χ0) is 14.8. The first-order chi connectivity index (χ1) is 9.38. The summed E-state index contributed by atoms with van der Waals surface area (Å²) in [4.78, 5) is 4.08. The molecule has 0 bridgehead atoms. The van der Waals surface area contributed by atoms with E-state index < -0.39 is 10.0 Å². The molecule has 0 fully saturated rings. The molecule has 0 radical (unpaired) electrons. The normalized spacial score (nSPS) is 11.7. The van der Waals surface area contributed by atoms with E-state index in [2.05, 4.69) is 30.7 Å². The van der Waals surface area contributed by atoms with Crippen LogP contribution in [0.25, 0.3) is 0 Å². The number of benzene rings is 1. The predicted octanol–water partition coefficient (Wildman–Crippen LogP) is 0.681. The summed E-state index contributed by atoms with van der Waals surface area (Å²) < 4.78 is 29.0. The van der Waals surface area contributed by atoms with Gasteiger partial charge in [-0.05, 0) is 18.2 Å². The lowest BCUT2D eigenvalue weighted by molar-refractivity contribution is 0.581. The lowest BCUT2D eigenvalue weighted by atomic mass is 10.3. The van der Waals surface area contributed by atoms with Crippen LogP contribution in [0.3, 0.4) is 0 Å². The molecule has 9 heteroatoms. The van der Waals surface area contributed by atoms with E-state index in [1.165, 1.54) is 6.07 Å². The number of rotatable bonds is 5. The molecular formula is C11H14BrN5O2S. The van der Waals surface area contributed by atoms with Gasteiger partial charge in [0.2, 0.25) is 10.0 Å². The Kier molecular flexibility index (Phi) is 4.41. The molecule has 1 aromatic heterocycles. The Balaban J connectivity index is 2.06. The van der Waals surface area contributed by atoms with Gasteiger partial charge in [0, 0.05) is 24.5 Å². The van der Waals surface area contributed by atoms with E-state index >= 15 is 0 Å². The maximum Gasteiger partial charge on any atom is 0.242 e. The number of halogens is 1. The van der Waals surface area contributed by atoms with Crippen LogP contribution in [0, 0.1) is 0 Å². The topological polar surface area (TPSA) is 103 Å². The Bertz CT molecular complexity index is 713. The van der Waals surface area contributed by atoms with Gasteiger partial charge in [0.25, 0.3) is 0 Å². The molecule has 0 aliphatic heterocycles. The highest BCUT2D eigenvalue weighted by atomic mass is 79.9. The van der Waals surface area contributed by atoms with Crippen LogP contribution in [-0.2, 0) is 23.5 Å². The standard InChI is InChI=1S/C11H14BrN5O2S/c1-17-7-14-11(16-17)4-5-15-20(18,19)10-6-8(12)2-3-9(10)13/h2-3,6-7,15H,4-5,13H2,1H3. The zero-order valence-corrected chi connectivity index (χ0v) is 13.1. The molecule has 0 saturated carbocycles. The third kappa shape index (κ3) is 3.56. The van der Waals surface area contributed by atoms with Gasteiger partial charge in [-0.25, -0.2) is 18.1 Å². The molecule has 2 rings (SSSR count). The van der Waals surface area contributed by atoms with Gasteiger partial charge < -0.3 is 5.73 Å². The number of anilines is 1. The number of aromatic nitrogens is 3. The Morgan fingerprint density at radius 1 is 1.45 bits per heavy atom. The molecule has 7 nitrogen and oxygen atoms in total. The molecule has 0 saturated heterocycles. The van der Waals surface area contributed by atoms with Gasteiger partial charge >= 0.3 is 0 Å². The minimum Gasteiger partial charge on any atom is -0.398 e. The number of nitrogens with two attached hydrogens (primary N) is 1. The molecule has 0 aliphatic carbocycles. The van der Waals surface area contributed by atoms with Crippen molar-refractivity contribution >= 4 is 31.6 Å². The summed E-state index contributed by atoms with van der Waals surface area (Å²) in [5.74, 6) is 0.581. The third-order valence-corrected chi connectivity index (χ3v) is 4.56. The minimum atomic E-state index is -3.64. The van der Waals surface area contributed by atoms with Gasteiger partial charge in [0.15, 0.2) is 5.82 Å². The van der Waals surface area contributed by atoms with E-state index in [1.807, 2.05) is 0 Å². The van der Waals surface area contributed by atoms with Crippen molar-refractivity contribution in [3.8, 4) is 0 Å². The first-order valence-electron chi connectivity index (χ1n) is 5.78. The van der Waals surface area contributed by atoms with Crippen LogP contribution in [0.15, 0.2) is 33.9 Å². The van der Waals surface area contributed by atoms with Crippen LogP contribution in [0.5, 0.6) is 0 Å². The van der Waals surface area contributed by atoms with Crippen molar-refractivity contribution in [2.45, 2.75) is 11.3 Å². The second kappa shape index (κ2) is 5.90. The number of aryl methyl sites for hydroxylation is 1. The highest BCUT2D eigenvalue weighted by molar-refractivity contribution is 9.10. The lowest BCUT2D eigenvalue weighted by Crippen LogP contribution is -2.27. The molecule has 1 heterocycles. The minimum absolute atomic E-state index is 0.0563. The van der Waals surface area contributed by atoms with Crippen molar-refractivity contribution in [2.24, 2.45) is 7.05 Å². The molecule has 20 heavy (non-hydrogen) atoms. The molecule has 108 valence electrons. The van der Waals surface area contributed by atoms with Gasteiger partial charge in [-0.1, -0.05) is 15.9 Å². The van der Waals surface area contributed by atoms with E-state index in [1.54, 1.807) is 30.2 Å². The van der Waals surface area contributed by atoms with Gasteiger partial charge in [-0.3, -0.25) is 4.68 Å². The predicted molar refractivity (Wildman–Crippen MR) is 78.4 cm³/mol. The van der Waals surface area contributed by atoms with Crippen LogP contribution in [0.4, 0.5) is 5.69 Å². The average molecular weight is 360 g/mol. The van der Waals surface area contributed by atoms with Crippen LogP contribution < -0.4 is 10.5 Å². The SMILES string of the molecule is Cn1cnc(CCNS(=O)(=O)c2cc(Br)ccc2N)n1. The van der Waals surface area contributed by atoms with Crippen LogP contribution in [0.1, 0.15) is 5.82 Å². The second-order valence-electron chi connectivity index (χ2n) is 4.16. The maximum absolute atomic E-state index is 12.1. The first-order valence-corrected chi connectivity index (χ1v) is 8.05. The molecule has 0 amide bonds. The summed E-state index contributed by atoms with van der Waals surface area (Å²) in [6, 6.07) is 4.70. The average Bonchev–Trinajstić information content (AvgIpc) is 2.78. The smallest absolute Gasteiger partial charge is 0.242 e. The maximum atomic E-state index is 12.1. The molecule has 3 N–H and O–H groups in total. The molecule has 1 aromatic carbocycles. The second-order valence-corrected chi connectivity index (χ2v) is 6.82. The number of nitrogens with zero attached hydrogens (tertiary/aromatic N) is 3. The van der Waals surface area contributed by atoms with Gasteiger partial charge in [-0.15, -0.1) is 0 Å². The molecule has 2 aromatic rings. The molecule has 0 unspecified atom stereocenters. The molecular weight excluding hydrogens is 346 g/mol. The highest BCUT2D eigenvalue weighted by Crippen LogP contribution is 2.22. The van der Waals surface area contributed by atoms with Gasteiger partial charge in [-0.2, -0.15) is 5.10 Å². The van der Waals surface area contributed by atoms with Crippen LogP contribution in [0.2, 0.25) is 0 Å². The molecule has 0 atom stereocenters. The fourth-order valence-electron chi connectivity index (χ4n) is 1.61. The van der Waals surface area contributed by atoms with Crippen molar-refractivity contribution in [1.82, 2.24) is 19.5 Å². The summed E-state index contributed by atoms with van der Waals surface area (Å²) in [6.07, 6.45) is 1.98. The van der Waals surface area contributed by atoms with Crippen molar-refractivity contribution in [2.75, 3.05) is 12.3 Å². The fraction of sp³-hybridized carbons (Fsp3) is 0.273. The Morgan fingerprint density at radius 2 is 2.20 bits per heavy atom.